The average molecular weight is 412 g/mol. The van der Waals surface area contributed by atoms with Gasteiger partial charge >= 0.3 is 5.69 Å². The Kier molecular flexibility index (Phi) is 6.03. The molecule has 158 valence electrons. The van der Waals surface area contributed by atoms with Crippen LogP contribution in [0, 0.1) is 10.1 Å². The molecule has 1 aliphatic carbocycles. The molecular formula is C20H24N6O4. The number of fused-ring (bicyclic) bond motifs is 1. The summed E-state index contributed by atoms with van der Waals surface area (Å²) in [6, 6.07) is 5.99. The third kappa shape index (κ3) is 4.04. The van der Waals surface area contributed by atoms with Crippen molar-refractivity contribution in [3.8, 4) is 0 Å². The van der Waals surface area contributed by atoms with Gasteiger partial charge in [-0.3, -0.25) is 15.1 Å². The maximum absolute atomic E-state index is 11.8. The Hall–Kier alpha value is -3.27. The van der Waals surface area contributed by atoms with Crippen LogP contribution in [0.3, 0.4) is 0 Å². The van der Waals surface area contributed by atoms with Gasteiger partial charge in [0.1, 0.15) is 5.69 Å². The molecule has 4 rings (SSSR count). The van der Waals surface area contributed by atoms with E-state index in [0.717, 1.165) is 36.9 Å². The number of rotatable bonds is 9. The van der Waals surface area contributed by atoms with E-state index in [-0.39, 0.29) is 17.8 Å². The first-order chi connectivity index (χ1) is 14.7. The summed E-state index contributed by atoms with van der Waals surface area (Å²) in [5.41, 5.74) is 2.55. The highest BCUT2D eigenvalue weighted by molar-refractivity contribution is 5.99. The van der Waals surface area contributed by atoms with Crippen LogP contribution < -0.4 is 10.2 Å². The molecule has 0 spiro atoms. The third-order valence-electron chi connectivity index (χ3n) is 5.50. The number of nitro groups is 1. The number of hydrogen-bond donors (Lipinski definition) is 2. The van der Waals surface area contributed by atoms with Crippen LogP contribution in [-0.4, -0.2) is 44.5 Å². The number of nitrogens with zero attached hydrogens (tertiary/aromatic N) is 5. The zero-order valence-corrected chi connectivity index (χ0v) is 16.5. The van der Waals surface area contributed by atoms with Gasteiger partial charge in [0, 0.05) is 38.1 Å². The van der Waals surface area contributed by atoms with Gasteiger partial charge in [0.15, 0.2) is 5.52 Å². The van der Waals surface area contributed by atoms with Crippen molar-refractivity contribution in [2.24, 2.45) is 0 Å². The van der Waals surface area contributed by atoms with E-state index in [1.165, 1.54) is 0 Å². The fourth-order valence-corrected chi connectivity index (χ4v) is 4.07. The second kappa shape index (κ2) is 9.04. The lowest BCUT2D eigenvalue weighted by molar-refractivity contribution is -0.382. The van der Waals surface area contributed by atoms with Crippen molar-refractivity contribution in [3.05, 3.63) is 46.3 Å². The van der Waals surface area contributed by atoms with Gasteiger partial charge in [0.2, 0.25) is 5.52 Å². The van der Waals surface area contributed by atoms with Gasteiger partial charge in [0.25, 0.3) is 0 Å². The number of aliphatic hydroxyl groups excluding tert-OH is 1. The summed E-state index contributed by atoms with van der Waals surface area (Å²) in [7, 11) is 0. The number of benzene rings is 1. The van der Waals surface area contributed by atoms with Crippen LogP contribution in [0.1, 0.15) is 37.7 Å². The normalized spacial score (nSPS) is 14.3. The highest BCUT2D eigenvalue weighted by atomic mass is 16.6. The molecule has 0 aliphatic heterocycles. The van der Waals surface area contributed by atoms with Crippen LogP contribution in [0.5, 0.6) is 0 Å². The molecule has 10 nitrogen and oxygen atoms in total. The number of nitro benzene ring substituents is 1. The van der Waals surface area contributed by atoms with E-state index in [9.17, 15) is 10.1 Å². The summed E-state index contributed by atoms with van der Waals surface area (Å²) in [5, 5.41) is 31.8. The molecule has 0 bridgehead atoms. The predicted molar refractivity (Wildman–Crippen MR) is 111 cm³/mol. The first kappa shape index (κ1) is 20.0. The molecule has 2 heterocycles. The molecule has 3 aromatic rings. The number of aliphatic hydroxyl groups is 1. The average Bonchev–Trinajstić information content (AvgIpc) is 3.44. The SMILES string of the molecule is O=[N+]([O-])c1c(NCCCO)cc(N(Cc2ccncc2)C2CCCC2)c2nonc12. The summed E-state index contributed by atoms with van der Waals surface area (Å²) in [4.78, 5) is 17.6. The van der Waals surface area contributed by atoms with Crippen molar-refractivity contribution in [1.29, 1.82) is 0 Å². The zero-order valence-electron chi connectivity index (χ0n) is 16.5. The quantitative estimate of drug-likeness (QED) is 0.309. The summed E-state index contributed by atoms with van der Waals surface area (Å²) < 4.78 is 4.93. The molecule has 10 heteroatoms. The fourth-order valence-electron chi connectivity index (χ4n) is 4.07. The summed E-state index contributed by atoms with van der Waals surface area (Å²) in [5.74, 6) is 0. The molecule has 2 aromatic heterocycles. The minimum absolute atomic E-state index is 0.00232. The van der Waals surface area contributed by atoms with Crippen molar-refractivity contribution in [3.63, 3.8) is 0 Å². The second-order valence-corrected chi connectivity index (χ2v) is 7.44. The Balaban J connectivity index is 1.82. The van der Waals surface area contributed by atoms with Crippen molar-refractivity contribution in [2.75, 3.05) is 23.4 Å². The molecular weight excluding hydrogens is 388 g/mol. The highest BCUT2D eigenvalue weighted by Crippen LogP contribution is 2.41. The Morgan fingerprint density at radius 1 is 1.23 bits per heavy atom. The molecule has 0 unspecified atom stereocenters. The molecule has 0 radical (unpaired) electrons. The molecule has 1 aliphatic rings. The van der Waals surface area contributed by atoms with Gasteiger partial charge in [-0.25, -0.2) is 4.63 Å². The number of hydrogen-bond acceptors (Lipinski definition) is 9. The summed E-state index contributed by atoms with van der Waals surface area (Å²) in [6.45, 7) is 1.03. The minimum Gasteiger partial charge on any atom is -0.396 e. The Labute approximate surface area is 173 Å². The van der Waals surface area contributed by atoms with Crippen LogP contribution >= 0.6 is 0 Å². The van der Waals surface area contributed by atoms with E-state index >= 15 is 0 Å². The third-order valence-corrected chi connectivity index (χ3v) is 5.50. The Morgan fingerprint density at radius 2 is 1.97 bits per heavy atom. The van der Waals surface area contributed by atoms with E-state index in [2.05, 4.69) is 25.5 Å². The van der Waals surface area contributed by atoms with Crippen LogP contribution in [0.15, 0.2) is 35.2 Å². The lowest BCUT2D eigenvalue weighted by atomic mass is 10.1. The standard InChI is InChI=1S/C20H24N6O4/c27-11-3-8-22-16-12-17(18-19(24-30-23-18)20(16)26(28)29)25(15-4-1-2-5-15)13-14-6-9-21-10-7-14/h6-7,9-10,12,15,22,27H,1-5,8,11,13H2. The topological polar surface area (TPSA) is 130 Å². The first-order valence-corrected chi connectivity index (χ1v) is 10.1. The number of nitrogens with one attached hydrogen (secondary N) is 1. The molecule has 30 heavy (non-hydrogen) atoms. The number of anilines is 2. The smallest absolute Gasteiger partial charge is 0.323 e. The molecule has 1 saturated carbocycles. The highest BCUT2D eigenvalue weighted by Gasteiger charge is 2.31. The van der Waals surface area contributed by atoms with Crippen LogP contribution in [0.4, 0.5) is 17.1 Å². The molecule has 0 atom stereocenters. The van der Waals surface area contributed by atoms with Gasteiger partial charge in [-0.05, 0) is 53.3 Å². The predicted octanol–water partition coefficient (Wildman–Crippen LogP) is 3.27. The molecule has 1 aromatic carbocycles. The monoisotopic (exact) mass is 412 g/mol. The van der Waals surface area contributed by atoms with Gasteiger partial charge in [0.05, 0.1) is 10.6 Å². The Bertz CT molecular complexity index is 1000. The van der Waals surface area contributed by atoms with Gasteiger partial charge in [-0.2, -0.15) is 0 Å². The van der Waals surface area contributed by atoms with Crippen molar-refractivity contribution in [1.82, 2.24) is 15.3 Å². The second-order valence-electron chi connectivity index (χ2n) is 7.44. The lowest BCUT2D eigenvalue weighted by Gasteiger charge is -2.31. The van der Waals surface area contributed by atoms with E-state index in [1.54, 1.807) is 18.5 Å². The zero-order chi connectivity index (χ0) is 20.9. The van der Waals surface area contributed by atoms with Crippen LogP contribution in [-0.2, 0) is 6.54 Å². The first-order valence-electron chi connectivity index (χ1n) is 10.1. The number of aromatic nitrogens is 3. The minimum atomic E-state index is -0.472. The number of pyridine rings is 1. The molecule has 2 N–H and O–H groups in total. The maximum atomic E-state index is 11.8. The van der Waals surface area contributed by atoms with Crippen molar-refractivity contribution in [2.45, 2.75) is 44.7 Å². The van der Waals surface area contributed by atoms with Crippen LogP contribution in [0.25, 0.3) is 11.0 Å². The molecule has 1 fully saturated rings. The summed E-state index contributed by atoms with van der Waals surface area (Å²) in [6.07, 6.45) is 8.37. The molecule has 0 saturated heterocycles. The van der Waals surface area contributed by atoms with Crippen LogP contribution in [0.2, 0.25) is 0 Å². The Morgan fingerprint density at radius 3 is 2.67 bits per heavy atom. The van der Waals surface area contributed by atoms with E-state index in [0.29, 0.717) is 36.8 Å². The molecule has 0 amide bonds. The maximum Gasteiger partial charge on any atom is 0.323 e. The largest absolute Gasteiger partial charge is 0.396 e. The van der Waals surface area contributed by atoms with E-state index in [1.807, 2.05) is 12.1 Å². The fraction of sp³-hybridized carbons (Fsp3) is 0.450. The van der Waals surface area contributed by atoms with E-state index in [4.69, 9.17) is 9.74 Å². The van der Waals surface area contributed by atoms with Gasteiger partial charge in [-0.15, -0.1) is 0 Å². The van der Waals surface area contributed by atoms with Gasteiger partial charge < -0.3 is 15.3 Å². The van der Waals surface area contributed by atoms with Crippen molar-refractivity contribution < 1.29 is 14.7 Å². The summed E-state index contributed by atoms with van der Waals surface area (Å²) >= 11 is 0. The van der Waals surface area contributed by atoms with Crippen molar-refractivity contribution >= 4 is 28.1 Å². The van der Waals surface area contributed by atoms with E-state index < -0.39 is 4.92 Å². The van der Waals surface area contributed by atoms with Gasteiger partial charge in [-0.1, -0.05) is 12.8 Å². The lowest BCUT2D eigenvalue weighted by Crippen LogP contribution is -2.33.